The van der Waals surface area contributed by atoms with Gasteiger partial charge in [0.1, 0.15) is 4.88 Å². The predicted octanol–water partition coefficient (Wildman–Crippen LogP) is 2.60. The summed E-state index contributed by atoms with van der Waals surface area (Å²) in [6.07, 6.45) is 0. The van der Waals surface area contributed by atoms with Gasteiger partial charge in [0, 0.05) is 19.2 Å². The quantitative estimate of drug-likeness (QED) is 0.763. The lowest BCUT2D eigenvalue weighted by Crippen LogP contribution is -2.37. The van der Waals surface area contributed by atoms with Gasteiger partial charge in [0.25, 0.3) is 0 Å². The van der Waals surface area contributed by atoms with E-state index in [0.29, 0.717) is 30.6 Å². The van der Waals surface area contributed by atoms with Crippen molar-refractivity contribution in [2.45, 2.75) is 33.4 Å². The van der Waals surface area contributed by atoms with E-state index < -0.39 is 5.97 Å². The van der Waals surface area contributed by atoms with Crippen molar-refractivity contribution >= 4 is 17.3 Å². The van der Waals surface area contributed by atoms with Crippen LogP contribution in [0.15, 0.2) is 11.4 Å². The molecule has 1 rings (SSSR count). The van der Waals surface area contributed by atoms with E-state index in [2.05, 4.69) is 19.2 Å². The van der Waals surface area contributed by atoms with E-state index in [-0.39, 0.29) is 6.04 Å². The minimum atomic E-state index is -0.854. The lowest BCUT2D eigenvalue weighted by Gasteiger charge is -2.22. The Hall–Kier alpha value is -0.910. The van der Waals surface area contributed by atoms with Gasteiger partial charge in [-0.15, -0.1) is 11.3 Å². The summed E-state index contributed by atoms with van der Waals surface area (Å²) in [6, 6.07) is 2.10. The Balaban J connectivity index is 2.55. The molecule has 1 aromatic rings. The van der Waals surface area contributed by atoms with Crippen LogP contribution in [0.5, 0.6) is 0 Å². The highest BCUT2D eigenvalue weighted by Gasteiger charge is 2.16. The van der Waals surface area contributed by atoms with Gasteiger partial charge in [-0.05, 0) is 29.9 Å². The summed E-state index contributed by atoms with van der Waals surface area (Å²) in [7, 11) is 0. The Morgan fingerprint density at radius 2 is 2.28 bits per heavy atom. The van der Waals surface area contributed by atoms with Crippen molar-refractivity contribution in [2.75, 3.05) is 13.2 Å². The first kappa shape index (κ1) is 15.1. The third-order valence-corrected chi connectivity index (χ3v) is 3.75. The number of hydrogen-bond donors (Lipinski definition) is 2. The molecule has 2 N–H and O–H groups in total. The van der Waals surface area contributed by atoms with E-state index in [0.717, 1.165) is 5.56 Å². The number of ether oxygens (including phenoxy) is 1. The van der Waals surface area contributed by atoms with Gasteiger partial charge < -0.3 is 15.2 Å². The average Bonchev–Trinajstić information content (AvgIpc) is 2.77. The molecule has 0 fully saturated rings. The fourth-order valence-electron chi connectivity index (χ4n) is 1.64. The van der Waals surface area contributed by atoms with Crippen LogP contribution in [0.4, 0.5) is 0 Å². The Morgan fingerprint density at radius 3 is 2.83 bits per heavy atom. The molecule has 0 aliphatic rings. The Morgan fingerprint density at radius 1 is 1.56 bits per heavy atom. The SMILES string of the molecule is CCOCC(NCc1ccsc1C(=O)O)C(C)C. The van der Waals surface area contributed by atoms with Crippen molar-refractivity contribution in [2.24, 2.45) is 5.92 Å². The number of nitrogens with one attached hydrogen (secondary N) is 1. The van der Waals surface area contributed by atoms with Gasteiger partial charge >= 0.3 is 5.97 Å². The van der Waals surface area contributed by atoms with E-state index >= 15 is 0 Å². The van der Waals surface area contributed by atoms with Crippen LogP contribution in [-0.2, 0) is 11.3 Å². The maximum absolute atomic E-state index is 11.0. The number of aromatic carboxylic acids is 1. The van der Waals surface area contributed by atoms with Crippen molar-refractivity contribution in [1.29, 1.82) is 0 Å². The second-order valence-electron chi connectivity index (χ2n) is 4.47. The van der Waals surface area contributed by atoms with E-state index in [9.17, 15) is 4.79 Å². The molecule has 1 atom stereocenters. The topological polar surface area (TPSA) is 58.6 Å². The number of carbonyl (C=O) groups is 1. The molecule has 0 radical (unpaired) electrons. The molecule has 5 heteroatoms. The molecule has 102 valence electrons. The molecule has 0 saturated heterocycles. The summed E-state index contributed by atoms with van der Waals surface area (Å²) in [5, 5.41) is 14.2. The monoisotopic (exact) mass is 271 g/mol. The maximum atomic E-state index is 11.0. The molecule has 1 unspecified atom stereocenters. The molecule has 0 aliphatic heterocycles. The van der Waals surface area contributed by atoms with Gasteiger partial charge in [0.15, 0.2) is 0 Å². The Labute approximate surface area is 112 Å². The van der Waals surface area contributed by atoms with Crippen molar-refractivity contribution < 1.29 is 14.6 Å². The van der Waals surface area contributed by atoms with Crippen LogP contribution in [0.3, 0.4) is 0 Å². The van der Waals surface area contributed by atoms with Crippen molar-refractivity contribution in [1.82, 2.24) is 5.32 Å². The van der Waals surface area contributed by atoms with Crippen molar-refractivity contribution in [3.63, 3.8) is 0 Å². The summed E-state index contributed by atoms with van der Waals surface area (Å²) in [5.74, 6) is -0.406. The second-order valence-corrected chi connectivity index (χ2v) is 5.39. The highest BCUT2D eigenvalue weighted by molar-refractivity contribution is 7.12. The van der Waals surface area contributed by atoms with Crippen molar-refractivity contribution in [3.8, 4) is 0 Å². The molecular formula is C13H21NO3S. The number of thiophene rings is 1. The number of carboxylic acid groups (broad SMARTS) is 1. The molecule has 0 saturated carbocycles. The van der Waals surface area contributed by atoms with Crippen LogP contribution in [0.1, 0.15) is 36.0 Å². The molecule has 0 bridgehead atoms. The highest BCUT2D eigenvalue weighted by atomic mass is 32.1. The van der Waals surface area contributed by atoms with E-state index in [1.807, 2.05) is 18.4 Å². The largest absolute Gasteiger partial charge is 0.477 e. The van der Waals surface area contributed by atoms with Crippen LogP contribution in [0.25, 0.3) is 0 Å². The molecule has 0 aromatic carbocycles. The Kier molecular flexibility index (Phi) is 6.32. The normalized spacial score (nSPS) is 12.9. The third kappa shape index (κ3) is 4.40. The van der Waals surface area contributed by atoms with Crippen LogP contribution < -0.4 is 5.32 Å². The molecule has 4 nitrogen and oxygen atoms in total. The maximum Gasteiger partial charge on any atom is 0.346 e. The van der Waals surface area contributed by atoms with Crippen LogP contribution in [0, 0.1) is 5.92 Å². The number of hydrogen-bond acceptors (Lipinski definition) is 4. The summed E-state index contributed by atoms with van der Waals surface area (Å²) in [4.78, 5) is 11.4. The smallest absolute Gasteiger partial charge is 0.346 e. The highest BCUT2D eigenvalue weighted by Crippen LogP contribution is 2.17. The zero-order chi connectivity index (χ0) is 13.5. The standard InChI is InChI=1S/C13H21NO3S/c1-4-17-8-11(9(2)3)14-7-10-5-6-18-12(10)13(15)16/h5-6,9,11,14H,4,7-8H2,1-3H3,(H,15,16). The third-order valence-electron chi connectivity index (χ3n) is 2.80. The van der Waals surface area contributed by atoms with Crippen LogP contribution in [-0.4, -0.2) is 30.3 Å². The van der Waals surface area contributed by atoms with E-state index in [1.165, 1.54) is 11.3 Å². The van der Waals surface area contributed by atoms with Gasteiger partial charge in [-0.1, -0.05) is 13.8 Å². The zero-order valence-electron chi connectivity index (χ0n) is 11.1. The minimum Gasteiger partial charge on any atom is -0.477 e. The first-order valence-electron chi connectivity index (χ1n) is 6.17. The lowest BCUT2D eigenvalue weighted by atomic mass is 10.1. The molecule has 0 aliphatic carbocycles. The predicted molar refractivity (Wildman–Crippen MR) is 73.2 cm³/mol. The molecule has 18 heavy (non-hydrogen) atoms. The van der Waals surface area contributed by atoms with Gasteiger partial charge in [-0.25, -0.2) is 4.79 Å². The molecule has 1 aromatic heterocycles. The fourth-order valence-corrected chi connectivity index (χ4v) is 2.40. The van der Waals surface area contributed by atoms with Gasteiger partial charge in [-0.3, -0.25) is 0 Å². The average molecular weight is 271 g/mol. The van der Waals surface area contributed by atoms with Crippen LogP contribution >= 0.6 is 11.3 Å². The molecule has 1 heterocycles. The van der Waals surface area contributed by atoms with E-state index in [1.54, 1.807) is 0 Å². The molecule has 0 amide bonds. The van der Waals surface area contributed by atoms with Gasteiger partial charge in [0.05, 0.1) is 6.61 Å². The minimum absolute atomic E-state index is 0.242. The zero-order valence-corrected chi connectivity index (χ0v) is 11.9. The van der Waals surface area contributed by atoms with Crippen molar-refractivity contribution in [3.05, 3.63) is 21.9 Å². The summed E-state index contributed by atoms with van der Waals surface area (Å²) >= 11 is 1.26. The fraction of sp³-hybridized carbons (Fsp3) is 0.615. The van der Waals surface area contributed by atoms with Gasteiger partial charge in [0.2, 0.25) is 0 Å². The lowest BCUT2D eigenvalue weighted by molar-refractivity contribution is 0.0700. The first-order chi connectivity index (χ1) is 8.56. The first-order valence-corrected chi connectivity index (χ1v) is 7.05. The van der Waals surface area contributed by atoms with Gasteiger partial charge in [-0.2, -0.15) is 0 Å². The van der Waals surface area contributed by atoms with Crippen LogP contribution in [0.2, 0.25) is 0 Å². The summed E-state index contributed by atoms with van der Waals surface area (Å²) < 4.78 is 5.43. The summed E-state index contributed by atoms with van der Waals surface area (Å²) in [5.41, 5.74) is 0.842. The van der Waals surface area contributed by atoms with E-state index in [4.69, 9.17) is 9.84 Å². The Bertz CT molecular complexity index is 376. The second kappa shape index (κ2) is 7.51. The molecule has 0 spiro atoms. The number of carboxylic acids is 1. The molecular weight excluding hydrogens is 250 g/mol. The summed E-state index contributed by atoms with van der Waals surface area (Å²) in [6.45, 7) is 8.15. The number of rotatable bonds is 8.